The van der Waals surface area contributed by atoms with Crippen molar-refractivity contribution in [3.05, 3.63) is 163 Å². The van der Waals surface area contributed by atoms with E-state index in [1.807, 2.05) is 11.3 Å². The Hall–Kier alpha value is -5.64. The van der Waals surface area contributed by atoms with Gasteiger partial charge in [-0.1, -0.05) is 116 Å². The van der Waals surface area contributed by atoms with Gasteiger partial charge in [0.25, 0.3) is 0 Å². The highest BCUT2D eigenvalue weighted by Gasteiger charge is 2.33. The van der Waals surface area contributed by atoms with Gasteiger partial charge >= 0.3 is 0 Å². The first-order valence-corrected chi connectivity index (χ1v) is 18.0. The number of thiophene rings is 1. The van der Waals surface area contributed by atoms with Crippen molar-refractivity contribution in [2.24, 2.45) is 0 Å². The van der Waals surface area contributed by atoms with Crippen LogP contribution in [-0.4, -0.2) is 10.6 Å². The van der Waals surface area contributed by atoms with E-state index in [1.54, 1.807) is 0 Å². The molecule has 9 aromatic rings. The second-order valence-corrected chi connectivity index (χ2v) is 14.5. The van der Waals surface area contributed by atoms with Crippen LogP contribution in [0.25, 0.3) is 69.9 Å². The average molecular weight is 647 g/mol. The Balaban J connectivity index is 0.960. The maximum Gasteiger partial charge on any atom is 0.0555 e. The molecule has 49 heavy (non-hydrogen) atoms. The first-order valence-electron chi connectivity index (χ1n) is 17.2. The molecule has 2 unspecified atom stereocenters. The van der Waals surface area contributed by atoms with Gasteiger partial charge in [-0.15, -0.1) is 11.3 Å². The largest absolute Gasteiger partial charge is 0.338 e. The van der Waals surface area contributed by atoms with Crippen LogP contribution in [0.15, 0.2) is 158 Å². The summed E-state index contributed by atoms with van der Waals surface area (Å²) < 4.78 is 5.13. The second-order valence-electron chi connectivity index (χ2n) is 13.4. The Bertz CT molecular complexity index is 2680. The van der Waals surface area contributed by atoms with E-state index < -0.39 is 0 Å². The number of para-hydroxylation sites is 2. The van der Waals surface area contributed by atoms with Crippen LogP contribution < -0.4 is 4.90 Å². The first kappa shape index (κ1) is 28.4. The summed E-state index contributed by atoms with van der Waals surface area (Å²) in [5.74, 6) is 0.512. The van der Waals surface area contributed by atoms with Crippen molar-refractivity contribution in [1.29, 1.82) is 0 Å². The topological polar surface area (TPSA) is 8.17 Å². The fraction of sp³-hybridized carbons (Fsp3) is 0.0870. The van der Waals surface area contributed by atoms with Gasteiger partial charge in [-0.2, -0.15) is 0 Å². The summed E-state index contributed by atoms with van der Waals surface area (Å²) in [4.78, 5) is 2.49. The molecule has 2 nitrogen and oxygen atoms in total. The van der Waals surface area contributed by atoms with Crippen LogP contribution >= 0.6 is 11.3 Å². The lowest BCUT2D eigenvalue weighted by Crippen LogP contribution is -2.25. The van der Waals surface area contributed by atoms with Gasteiger partial charge in [0.15, 0.2) is 0 Å². The summed E-state index contributed by atoms with van der Waals surface area (Å²) in [5.41, 5.74) is 12.6. The van der Waals surface area contributed by atoms with Crippen LogP contribution in [0.1, 0.15) is 25.3 Å². The number of hydrogen-bond acceptors (Lipinski definition) is 2. The maximum absolute atomic E-state index is 2.49. The van der Waals surface area contributed by atoms with E-state index in [9.17, 15) is 0 Å². The number of aromatic nitrogens is 1. The quantitative estimate of drug-likeness (QED) is 0.185. The van der Waals surface area contributed by atoms with Crippen molar-refractivity contribution in [2.45, 2.75) is 25.8 Å². The highest BCUT2D eigenvalue weighted by Crippen LogP contribution is 2.46. The summed E-state index contributed by atoms with van der Waals surface area (Å²) in [7, 11) is 0. The van der Waals surface area contributed by atoms with E-state index in [-0.39, 0.29) is 0 Å². The number of rotatable bonds is 4. The van der Waals surface area contributed by atoms with Gasteiger partial charge in [0.05, 0.1) is 11.0 Å². The molecule has 3 heterocycles. The molecule has 0 bridgehead atoms. The standard InChI is InChI=1S/C46H34N2S/c1-29-30(2)47(41-12-6-3-9-37(29)41)35-23-19-33(20-24-35)31-15-17-32(18-16-31)34-21-25-36(26-22-34)48-42-13-7-4-11-40(42)45-43(48)28-27-39-38-10-5-8-14-44(38)49-46(39)45/h3-30H,1-2H3. The fourth-order valence-corrected chi connectivity index (χ4v) is 9.41. The van der Waals surface area contributed by atoms with Gasteiger partial charge in [-0.05, 0) is 83.3 Å². The lowest BCUT2D eigenvalue weighted by molar-refractivity contribution is 0.642. The van der Waals surface area contributed by atoms with Gasteiger partial charge in [0, 0.05) is 60.0 Å². The zero-order chi connectivity index (χ0) is 32.6. The minimum Gasteiger partial charge on any atom is -0.338 e. The van der Waals surface area contributed by atoms with Crippen LogP contribution in [0.3, 0.4) is 0 Å². The third kappa shape index (κ3) is 4.32. The molecule has 2 aromatic heterocycles. The Morgan fingerprint density at radius 3 is 1.76 bits per heavy atom. The van der Waals surface area contributed by atoms with Crippen molar-refractivity contribution in [2.75, 3.05) is 4.90 Å². The van der Waals surface area contributed by atoms with E-state index in [1.165, 1.54) is 86.9 Å². The third-order valence-corrected chi connectivity index (χ3v) is 12.0. The molecule has 0 saturated heterocycles. The second kappa shape index (κ2) is 10.9. The molecule has 1 aliphatic rings. The van der Waals surface area contributed by atoms with Crippen LogP contribution in [0, 0.1) is 0 Å². The number of anilines is 2. The van der Waals surface area contributed by atoms with Crippen molar-refractivity contribution < 1.29 is 0 Å². The Kier molecular flexibility index (Phi) is 6.34. The molecular weight excluding hydrogens is 613 g/mol. The lowest BCUT2D eigenvalue weighted by atomic mass is 9.98. The van der Waals surface area contributed by atoms with Gasteiger partial charge in [-0.3, -0.25) is 0 Å². The Morgan fingerprint density at radius 2 is 1.04 bits per heavy atom. The minimum atomic E-state index is 0.432. The highest BCUT2D eigenvalue weighted by atomic mass is 32.1. The Labute approximate surface area is 290 Å². The summed E-state index contributed by atoms with van der Waals surface area (Å²) in [5, 5.41) is 5.33. The molecule has 1 aliphatic heterocycles. The van der Waals surface area contributed by atoms with E-state index in [0.717, 1.165) is 0 Å². The van der Waals surface area contributed by atoms with E-state index in [4.69, 9.17) is 0 Å². The maximum atomic E-state index is 2.49. The van der Waals surface area contributed by atoms with Gasteiger partial charge in [0.1, 0.15) is 0 Å². The minimum absolute atomic E-state index is 0.432. The lowest BCUT2D eigenvalue weighted by Gasteiger charge is -2.26. The van der Waals surface area contributed by atoms with Gasteiger partial charge < -0.3 is 9.47 Å². The molecule has 0 saturated carbocycles. The third-order valence-electron chi connectivity index (χ3n) is 10.8. The number of benzene rings is 7. The summed E-state index contributed by atoms with van der Waals surface area (Å²) in [6.07, 6.45) is 0. The molecule has 0 amide bonds. The number of fused-ring (bicyclic) bond motifs is 8. The molecule has 0 fully saturated rings. The van der Waals surface area contributed by atoms with Gasteiger partial charge in [0.2, 0.25) is 0 Å². The van der Waals surface area contributed by atoms with Crippen molar-refractivity contribution in [1.82, 2.24) is 4.57 Å². The normalized spacial score (nSPS) is 15.9. The number of nitrogens with zero attached hydrogens (tertiary/aromatic N) is 2. The van der Waals surface area contributed by atoms with E-state index in [2.05, 4.69) is 181 Å². The molecule has 0 N–H and O–H groups in total. The Morgan fingerprint density at radius 1 is 0.469 bits per heavy atom. The molecular formula is C46H34N2S. The van der Waals surface area contributed by atoms with Crippen LogP contribution in [-0.2, 0) is 0 Å². The molecule has 7 aromatic carbocycles. The highest BCUT2D eigenvalue weighted by molar-refractivity contribution is 7.26. The molecule has 234 valence electrons. The van der Waals surface area contributed by atoms with Gasteiger partial charge in [-0.25, -0.2) is 0 Å². The zero-order valence-electron chi connectivity index (χ0n) is 27.5. The smallest absolute Gasteiger partial charge is 0.0555 e. The SMILES string of the molecule is CC1c2ccccc2N(c2ccc(-c3ccc(-c4ccc(-n5c6ccccc6c6c7sc8ccccc8c7ccc65)cc4)cc3)cc2)C1C. The first-order chi connectivity index (χ1) is 24.1. The monoisotopic (exact) mass is 646 g/mol. The van der Waals surface area contributed by atoms with Crippen LogP contribution in [0.5, 0.6) is 0 Å². The molecule has 0 spiro atoms. The van der Waals surface area contributed by atoms with E-state index >= 15 is 0 Å². The average Bonchev–Trinajstić information content (AvgIpc) is 3.79. The van der Waals surface area contributed by atoms with Crippen LogP contribution in [0.4, 0.5) is 11.4 Å². The molecule has 3 heteroatoms. The molecule has 2 atom stereocenters. The fourth-order valence-electron chi connectivity index (χ4n) is 8.15. The molecule has 0 aliphatic carbocycles. The molecule has 10 rings (SSSR count). The van der Waals surface area contributed by atoms with Crippen LogP contribution in [0.2, 0.25) is 0 Å². The van der Waals surface area contributed by atoms with Crippen molar-refractivity contribution >= 4 is 64.7 Å². The molecule has 0 radical (unpaired) electrons. The summed E-state index contributed by atoms with van der Waals surface area (Å²) in [6, 6.07) is 58.6. The predicted octanol–water partition coefficient (Wildman–Crippen LogP) is 13.1. The number of hydrogen-bond donors (Lipinski definition) is 0. The predicted molar refractivity (Wildman–Crippen MR) is 211 cm³/mol. The van der Waals surface area contributed by atoms with E-state index in [0.29, 0.717) is 12.0 Å². The summed E-state index contributed by atoms with van der Waals surface area (Å²) >= 11 is 1.90. The van der Waals surface area contributed by atoms with Crippen molar-refractivity contribution in [3.63, 3.8) is 0 Å². The summed E-state index contributed by atoms with van der Waals surface area (Å²) in [6.45, 7) is 4.66. The van der Waals surface area contributed by atoms with Crippen molar-refractivity contribution in [3.8, 4) is 27.9 Å². The zero-order valence-corrected chi connectivity index (χ0v) is 28.3.